The molecule has 2 unspecified atom stereocenters. The molecular formula is C10H9F2NO. The van der Waals surface area contributed by atoms with Crippen LogP contribution in [-0.2, 0) is 4.79 Å². The van der Waals surface area contributed by atoms with Crippen molar-refractivity contribution in [3.63, 3.8) is 0 Å². The van der Waals surface area contributed by atoms with Gasteiger partial charge in [-0.2, -0.15) is 0 Å². The molecule has 1 saturated carbocycles. The third-order valence-electron chi connectivity index (χ3n) is 2.44. The van der Waals surface area contributed by atoms with E-state index in [0.29, 0.717) is 6.41 Å². The summed E-state index contributed by atoms with van der Waals surface area (Å²) in [4.78, 5) is 10.1. The summed E-state index contributed by atoms with van der Waals surface area (Å²) >= 11 is 0. The van der Waals surface area contributed by atoms with Gasteiger partial charge in [0.25, 0.3) is 0 Å². The number of amides is 1. The minimum Gasteiger partial charge on any atom is -0.355 e. The lowest BCUT2D eigenvalue weighted by Crippen LogP contribution is -2.14. The standard InChI is InChI=1S/C10H9F2NO/c11-8-2-1-6(3-9(8)12)7-4-10(7)13-5-14/h1-3,5,7,10H,4H2,(H,13,14). The van der Waals surface area contributed by atoms with Gasteiger partial charge in [-0.05, 0) is 24.1 Å². The number of hydrogen-bond donors (Lipinski definition) is 1. The van der Waals surface area contributed by atoms with Crippen molar-refractivity contribution >= 4 is 6.41 Å². The summed E-state index contributed by atoms with van der Waals surface area (Å²) in [5, 5.41) is 2.61. The van der Waals surface area contributed by atoms with Crippen LogP contribution in [0.2, 0.25) is 0 Å². The second-order valence-corrected chi connectivity index (χ2v) is 3.41. The van der Waals surface area contributed by atoms with Crippen LogP contribution in [-0.4, -0.2) is 12.5 Å². The molecule has 1 aromatic rings. The monoisotopic (exact) mass is 197 g/mol. The van der Waals surface area contributed by atoms with E-state index in [1.165, 1.54) is 6.07 Å². The highest BCUT2D eigenvalue weighted by molar-refractivity contribution is 5.49. The molecule has 1 N–H and O–H groups in total. The number of benzene rings is 1. The molecule has 1 fully saturated rings. The molecule has 2 nitrogen and oxygen atoms in total. The number of rotatable bonds is 3. The van der Waals surface area contributed by atoms with Crippen molar-refractivity contribution in [2.24, 2.45) is 0 Å². The maximum absolute atomic E-state index is 12.8. The molecule has 74 valence electrons. The molecule has 0 bridgehead atoms. The van der Waals surface area contributed by atoms with Crippen molar-refractivity contribution in [3.05, 3.63) is 35.4 Å². The zero-order valence-electron chi connectivity index (χ0n) is 7.34. The van der Waals surface area contributed by atoms with E-state index in [1.54, 1.807) is 6.07 Å². The molecule has 0 saturated heterocycles. The van der Waals surface area contributed by atoms with E-state index in [1.807, 2.05) is 0 Å². The molecule has 4 heteroatoms. The lowest BCUT2D eigenvalue weighted by atomic mass is 10.1. The number of nitrogens with one attached hydrogen (secondary N) is 1. The van der Waals surface area contributed by atoms with Crippen molar-refractivity contribution in [2.45, 2.75) is 18.4 Å². The average Bonchev–Trinajstić information content (AvgIpc) is 2.90. The van der Waals surface area contributed by atoms with Crippen molar-refractivity contribution in [1.29, 1.82) is 0 Å². The zero-order chi connectivity index (χ0) is 10.1. The Hall–Kier alpha value is -1.45. The molecule has 1 amide bonds. The van der Waals surface area contributed by atoms with E-state index in [2.05, 4.69) is 5.32 Å². The van der Waals surface area contributed by atoms with Crippen LogP contribution in [0.15, 0.2) is 18.2 Å². The lowest BCUT2D eigenvalue weighted by Gasteiger charge is -2.00. The van der Waals surface area contributed by atoms with Crippen LogP contribution in [0.4, 0.5) is 8.78 Å². The highest BCUT2D eigenvalue weighted by Crippen LogP contribution is 2.40. The van der Waals surface area contributed by atoms with Gasteiger partial charge in [-0.25, -0.2) is 8.78 Å². The molecule has 1 aromatic carbocycles. The number of hydrogen-bond acceptors (Lipinski definition) is 1. The van der Waals surface area contributed by atoms with Gasteiger partial charge in [0.2, 0.25) is 6.41 Å². The summed E-state index contributed by atoms with van der Waals surface area (Å²) in [5.74, 6) is -1.54. The molecule has 1 aliphatic rings. The van der Waals surface area contributed by atoms with Gasteiger partial charge in [-0.15, -0.1) is 0 Å². The van der Waals surface area contributed by atoms with Crippen molar-refractivity contribution in [3.8, 4) is 0 Å². The first-order chi connectivity index (χ1) is 6.72. The number of carbonyl (C=O) groups excluding carboxylic acids is 1. The molecule has 0 heterocycles. The maximum Gasteiger partial charge on any atom is 0.207 e. The fourth-order valence-corrected chi connectivity index (χ4v) is 1.58. The van der Waals surface area contributed by atoms with Gasteiger partial charge in [0.05, 0.1) is 0 Å². The van der Waals surface area contributed by atoms with Gasteiger partial charge >= 0.3 is 0 Å². The summed E-state index contributed by atoms with van der Waals surface area (Å²) in [6.45, 7) is 0. The fourth-order valence-electron chi connectivity index (χ4n) is 1.58. The largest absolute Gasteiger partial charge is 0.355 e. The second-order valence-electron chi connectivity index (χ2n) is 3.41. The molecule has 2 atom stereocenters. The minimum atomic E-state index is -0.839. The molecule has 2 rings (SSSR count). The Bertz CT molecular complexity index is 367. The van der Waals surface area contributed by atoms with Crippen LogP contribution in [0.25, 0.3) is 0 Å². The summed E-state index contributed by atoms with van der Waals surface area (Å²) in [5.41, 5.74) is 0.739. The first-order valence-corrected chi connectivity index (χ1v) is 4.37. The molecular weight excluding hydrogens is 188 g/mol. The summed E-state index contributed by atoms with van der Waals surface area (Å²) < 4.78 is 25.4. The predicted octanol–water partition coefficient (Wildman–Crippen LogP) is 1.57. The average molecular weight is 197 g/mol. The second kappa shape index (κ2) is 3.36. The van der Waals surface area contributed by atoms with Crippen LogP contribution >= 0.6 is 0 Å². The maximum atomic E-state index is 12.8. The summed E-state index contributed by atoms with van der Waals surface area (Å²) in [7, 11) is 0. The van der Waals surface area contributed by atoms with E-state index in [0.717, 1.165) is 18.1 Å². The minimum absolute atomic E-state index is 0.0809. The summed E-state index contributed by atoms with van der Waals surface area (Å²) in [6.07, 6.45) is 1.42. The van der Waals surface area contributed by atoms with Gasteiger partial charge in [0, 0.05) is 12.0 Å². The van der Waals surface area contributed by atoms with E-state index >= 15 is 0 Å². The van der Waals surface area contributed by atoms with Gasteiger partial charge < -0.3 is 5.32 Å². The number of carbonyl (C=O) groups is 1. The Morgan fingerprint density at radius 3 is 2.79 bits per heavy atom. The Labute approximate surface area is 79.9 Å². The van der Waals surface area contributed by atoms with Crippen LogP contribution in [0.3, 0.4) is 0 Å². The molecule has 1 aliphatic carbocycles. The molecule has 0 aromatic heterocycles. The topological polar surface area (TPSA) is 29.1 Å². The van der Waals surface area contributed by atoms with E-state index < -0.39 is 11.6 Å². The highest BCUT2D eigenvalue weighted by atomic mass is 19.2. The Morgan fingerprint density at radius 1 is 1.36 bits per heavy atom. The third-order valence-corrected chi connectivity index (χ3v) is 2.44. The van der Waals surface area contributed by atoms with Gasteiger partial charge in [0.15, 0.2) is 11.6 Å². The zero-order valence-corrected chi connectivity index (χ0v) is 7.34. The smallest absolute Gasteiger partial charge is 0.207 e. The number of halogens is 2. The van der Waals surface area contributed by atoms with E-state index in [9.17, 15) is 13.6 Å². The lowest BCUT2D eigenvalue weighted by molar-refractivity contribution is -0.109. The first kappa shape index (κ1) is 9.12. The SMILES string of the molecule is O=CNC1CC1c1ccc(F)c(F)c1. The molecule has 0 spiro atoms. The first-order valence-electron chi connectivity index (χ1n) is 4.37. The molecule has 0 aliphatic heterocycles. The van der Waals surface area contributed by atoms with Crippen molar-refractivity contribution in [2.75, 3.05) is 0 Å². The van der Waals surface area contributed by atoms with Crippen molar-refractivity contribution in [1.82, 2.24) is 5.32 Å². The van der Waals surface area contributed by atoms with E-state index in [4.69, 9.17) is 0 Å². The van der Waals surface area contributed by atoms with Crippen molar-refractivity contribution < 1.29 is 13.6 Å². The molecule has 0 radical (unpaired) electrons. The van der Waals surface area contributed by atoms with Crippen LogP contribution in [0.1, 0.15) is 17.9 Å². The molecule has 14 heavy (non-hydrogen) atoms. The Balaban J connectivity index is 2.12. The quantitative estimate of drug-likeness (QED) is 0.732. The normalized spacial score (nSPS) is 24.4. The third kappa shape index (κ3) is 1.60. The predicted molar refractivity (Wildman–Crippen MR) is 46.7 cm³/mol. The Kier molecular flexibility index (Phi) is 2.19. The van der Waals surface area contributed by atoms with Gasteiger partial charge in [-0.3, -0.25) is 4.79 Å². The fraction of sp³-hybridized carbons (Fsp3) is 0.300. The van der Waals surface area contributed by atoms with Crippen LogP contribution in [0, 0.1) is 11.6 Å². The van der Waals surface area contributed by atoms with E-state index in [-0.39, 0.29) is 12.0 Å². The van der Waals surface area contributed by atoms with Crippen LogP contribution < -0.4 is 5.32 Å². The van der Waals surface area contributed by atoms with Gasteiger partial charge in [0.1, 0.15) is 0 Å². The van der Waals surface area contributed by atoms with Crippen LogP contribution in [0.5, 0.6) is 0 Å². The van der Waals surface area contributed by atoms with Gasteiger partial charge in [-0.1, -0.05) is 6.07 Å². The highest BCUT2D eigenvalue weighted by Gasteiger charge is 2.38. The summed E-state index contributed by atoms with van der Waals surface area (Å²) in [6, 6.07) is 3.93. The Morgan fingerprint density at radius 2 is 2.14 bits per heavy atom.